The lowest BCUT2D eigenvalue weighted by molar-refractivity contribution is -0.909. The summed E-state index contributed by atoms with van der Waals surface area (Å²) in [5, 5.41) is 9.41. The summed E-state index contributed by atoms with van der Waals surface area (Å²) in [5.74, 6) is 0.908. The minimum atomic E-state index is -0.00926. The number of allylic oxidation sites excluding steroid dienone is 2. The molecular formula is C12H22NO+. The first kappa shape index (κ1) is 10.2. The van der Waals surface area contributed by atoms with Gasteiger partial charge in [0.25, 0.3) is 0 Å². The number of hydrogen-bond donors (Lipinski definition) is 2. The normalized spacial score (nSPS) is 38.5. The van der Waals surface area contributed by atoms with E-state index < -0.39 is 0 Å². The molecule has 0 aromatic carbocycles. The van der Waals surface area contributed by atoms with Gasteiger partial charge in [-0.15, -0.1) is 0 Å². The van der Waals surface area contributed by atoms with E-state index in [-0.39, 0.29) is 6.10 Å². The predicted octanol–water partition coefficient (Wildman–Crippen LogP) is 0.382. The number of hydrogen-bond acceptors (Lipinski definition) is 1. The second kappa shape index (κ2) is 4.94. The van der Waals surface area contributed by atoms with E-state index in [9.17, 15) is 5.11 Å². The average Bonchev–Trinajstić information content (AvgIpc) is 2.23. The molecule has 80 valence electrons. The fourth-order valence-corrected chi connectivity index (χ4v) is 2.66. The number of aliphatic hydroxyl groups excluding tert-OH is 1. The Balaban J connectivity index is 1.72. The second-order valence-electron chi connectivity index (χ2n) is 4.84. The Bertz CT molecular complexity index is 194. The van der Waals surface area contributed by atoms with Crippen LogP contribution in [0.4, 0.5) is 0 Å². The number of piperidine rings is 1. The van der Waals surface area contributed by atoms with E-state index in [1.54, 1.807) is 4.90 Å². The summed E-state index contributed by atoms with van der Waals surface area (Å²) in [6.07, 6.45) is 10.6. The molecule has 0 aromatic heterocycles. The molecule has 2 rings (SSSR count). The van der Waals surface area contributed by atoms with Crippen LogP contribution in [0.25, 0.3) is 0 Å². The van der Waals surface area contributed by atoms with E-state index in [0.717, 1.165) is 18.8 Å². The third-order valence-electron chi connectivity index (χ3n) is 3.62. The summed E-state index contributed by atoms with van der Waals surface area (Å²) in [7, 11) is 0. The summed E-state index contributed by atoms with van der Waals surface area (Å²) < 4.78 is 0. The van der Waals surface area contributed by atoms with Gasteiger partial charge in [-0.3, -0.25) is 0 Å². The molecule has 2 nitrogen and oxygen atoms in total. The van der Waals surface area contributed by atoms with Gasteiger partial charge in [0.1, 0.15) is 0 Å². The van der Waals surface area contributed by atoms with Gasteiger partial charge in [0.05, 0.1) is 25.7 Å². The molecule has 0 saturated carbocycles. The van der Waals surface area contributed by atoms with Crippen LogP contribution in [-0.4, -0.2) is 30.8 Å². The lowest BCUT2D eigenvalue weighted by Gasteiger charge is -2.30. The second-order valence-corrected chi connectivity index (χ2v) is 4.84. The van der Waals surface area contributed by atoms with Gasteiger partial charge in [-0.25, -0.2) is 0 Å². The zero-order valence-electron chi connectivity index (χ0n) is 8.91. The van der Waals surface area contributed by atoms with Crippen molar-refractivity contribution in [1.82, 2.24) is 0 Å². The number of aliphatic hydroxyl groups is 1. The number of nitrogens with one attached hydrogen (secondary N) is 1. The maximum absolute atomic E-state index is 9.41. The lowest BCUT2D eigenvalue weighted by atomic mass is 9.93. The lowest BCUT2D eigenvalue weighted by Crippen LogP contribution is -3.13. The summed E-state index contributed by atoms with van der Waals surface area (Å²) in [6.45, 7) is 3.69. The first-order valence-corrected chi connectivity index (χ1v) is 6.01. The van der Waals surface area contributed by atoms with Gasteiger partial charge in [-0.05, 0) is 19.3 Å². The van der Waals surface area contributed by atoms with E-state index in [1.165, 1.54) is 38.9 Å². The third kappa shape index (κ3) is 2.82. The zero-order valence-corrected chi connectivity index (χ0v) is 8.91. The Morgan fingerprint density at radius 2 is 1.93 bits per heavy atom. The van der Waals surface area contributed by atoms with Crippen LogP contribution >= 0.6 is 0 Å². The Morgan fingerprint density at radius 1 is 1.14 bits per heavy atom. The van der Waals surface area contributed by atoms with Crippen LogP contribution in [0.5, 0.6) is 0 Å². The van der Waals surface area contributed by atoms with E-state index in [2.05, 4.69) is 12.2 Å². The minimum Gasteiger partial charge on any atom is -0.393 e. The van der Waals surface area contributed by atoms with Crippen LogP contribution in [0, 0.1) is 5.92 Å². The summed E-state index contributed by atoms with van der Waals surface area (Å²) >= 11 is 0. The molecule has 2 N–H and O–H groups in total. The van der Waals surface area contributed by atoms with Crippen molar-refractivity contribution in [2.75, 3.05) is 19.6 Å². The molecule has 0 unspecified atom stereocenters. The molecule has 1 aliphatic carbocycles. The van der Waals surface area contributed by atoms with Crippen molar-refractivity contribution in [3.05, 3.63) is 12.2 Å². The van der Waals surface area contributed by atoms with Crippen molar-refractivity contribution < 1.29 is 10.0 Å². The van der Waals surface area contributed by atoms with Gasteiger partial charge in [-0.1, -0.05) is 12.2 Å². The van der Waals surface area contributed by atoms with Crippen LogP contribution in [0.3, 0.4) is 0 Å². The number of likely N-dealkylation sites (tertiary alicyclic amines) is 1. The molecule has 14 heavy (non-hydrogen) atoms. The Kier molecular flexibility index (Phi) is 3.60. The Labute approximate surface area is 86.6 Å². The molecule has 0 spiro atoms. The highest BCUT2D eigenvalue weighted by Crippen LogP contribution is 2.16. The summed E-state index contributed by atoms with van der Waals surface area (Å²) in [6, 6.07) is 0. The molecule has 1 heterocycles. The molecule has 2 heteroatoms. The van der Waals surface area contributed by atoms with Crippen molar-refractivity contribution in [3.8, 4) is 0 Å². The number of quaternary nitrogens is 1. The van der Waals surface area contributed by atoms with E-state index >= 15 is 0 Å². The summed E-state index contributed by atoms with van der Waals surface area (Å²) in [5.41, 5.74) is 0. The third-order valence-corrected chi connectivity index (χ3v) is 3.62. The topological polar surface area (TPSA) is 24.7 Å². The van der Waals surface area contributed by atoms with Crippen LogP contribution < -0.4 is 4.90 Å². The fourth-order valence-electron chi connectivity index (χ4n) is 2.66. The minimum absolute atomic E-state index is 0.00926. The molecule has 0 aromatic rings. The molecule has 2 aliphatic rings. The van der Waals surface area contributed by atoms with Gasteiger partial charge in [0.15, 0.2) is 0 Å². The van der Waals surface area contributed by atoms with E-state index in [0.29, 0.717) is 0 Å². The predicted molar refractivity (Wildman–Crippen MR) is 57.3 cm³/mol. The van der Waals surface area contributed by atoms with Crippen molar-refractivity contribution in [2.45, 2.75) is 38.2 Å². The molecule has 1 saturated heterocycles. The van der Waals surface area contributed by atoms with Crippen molar-refractivity contribution in [1.29, 1.82) is 0 Å². The Morgan fingerprint density at radius 3 is 2.57 bits per heavy atom. The summed E-state index contributed by atoms with van der Waals surface area (Å²) in [4.78, 5) is 1.72. The molecule has 1 atom stereocenters. The van der Waals surface area contributed by atoms with Gasteiger partial charge >= 0.3 is 0 Å². The van der Waals surface area contributed by atoms with Crippen LogP contribution in [0.1, 0.15) is 32.1 Å². The first-order valence-electron chi connectivity index (χ1n) is 6.01. The van der Waals surface area contributed by atoms with Gasteiger partial charge in [0.2, 0.25) is 0 Å². The van der Waals surface area contributed by atoms with Gasteiger partial charge in [-0.2, -0.15) is 0 Å². The van der Waals surface area contributed by atoms with Gasteiger partial charge in [0, 0.05) is 18.8 Å². The molecule has 1 fully saturated rings. The van der Waals surface area contributed by atoms with Crippen LogP contribution in [0.15, 0.2) is 12.2 Å². The zero-order chi connectivity index (χ0) is 9.80. The maximum atomic E-state index is 9.41. The number of rotatable bonds is 2. The van der Waals surface area contributed by atoms with Crippen molar-refractivity contribution in [2.24, 2.45) is 5.92 Å². The molecule has 1 aliphatic heterocycles. The molecule has 0 radical (unpaired) electrons. The first-order chi connectivity index (χ1) is 6.84. The quantitative estimate of drug-likeness (QED) is 0.613. The standard InChI is InChI=1S/C12H21NO/c14-12-6-8-13(9-7-12)10-11-4-2-1-3-5-11/h1-2,11-12,14H,3-10H2/p+1/t11-/m0/s1. The highest BCUT2D eigenvalue weighted by molar-refractivity contribution is 4.89. The highest BCUT2D eigenvalue weighted by atomic mass is 16.3. The van der Waals surface area contributed by atoms with Crippen molar-refractivity contribution in [3.63, 3.8) is 0 Å². The van der Waals surface area contributed by atoms with E-state index in [4.69, 9.17) is 0 Å². The van der Waals surface area contributed by atoms with Crippen molar-refractivity contribution >= 4 is 0 Å². The Hall–Kier alpha value is -0.340. The van der Waals surface area contributed by atoms with Crippen LogP contribution in [0.2, 0.25) is 0 Å². The molecule has 0 bridgehead atoms. The monoisotopic (exact) mass is 196 g/mol. The highest BCUT2D eigenvalue weighted by Gasteiger charge is 2.23. The fraction of sp³-hybridized carbons (Fsp3) is 0.833. The van der Waals surface area contributed by atoms with E-state index in [1.807, 2.05) is 0 Å². The largest absolute Gasteiger partial charge is 0.393 e. The average molecular weight is 196 g/mol. The van der Waals surface area contributed by atoms with Gasteiger partial charge < -0.3 is 10.0 Å². The smallest absolute Gasteiger partial charge is 0.0802 e. The molecular weight excluding hydrogens is 174 g/mol. The SMILES string of the molecule is OC1CC[NH+](C[C@H]2CC=CCC2)CC1. The molecule has 0 amide bonds. The maximum Gasteiger partial charge on any atom is 0.0802 e. The van der Waals surface area contributed by atoms with Crippen LogP contribution in [-0.2, 0) is 0 Å².